The van der Waals surface area contributed by atoms with Crippen LogP contribution in [-0.4, -0.2) is 37.1 Å². The molecule has 0 bridgehead atoms. The average molecular weight is 286 g/mol. The molecule has 0 radical (unpaired) electrons. The first kappa shape index (κ1) is 14.3. The quantitative estimate of drug-likeness (QED) is 0.816. The van der Waals surface area contributed by atoms with Gasteiger partial charge in [0.2, 0.25) is 0 Å². The minimum Gasteiger partial charge on any atom is -0.374 e. The molecule has 1 aliphatic rings. The van der Waals surface area contributed by atoms with E-state index in [9.17, 15) is 8.78 Å². The number of rotatable bonds is 6. The van der Waals surface area contributed by atoms with Crippen LogP contribution in [0.1, 0.15) is 11.6 Å². The summed E-state index contributed by atoms with van der Waals surface area (Å²) in [5.74, 6) is 0.931. The molecule has 1 fully saturated rings. The summed E-state index contributed by atoms with van der Waals surface area (Å²) in [4.78, 5) is 4.29. The van der Waals surface area contributed by atoms with Gasteiger partial charge in [-0.2, -0.15) is 0 Å². The molecule has 19 heavy (non-hydrogen) atoms. The van der Waals surface area contributed by atoms with E-state index in [0.717, 1.165) is 10.9 Å². The number of nitrogens with zero attached hydrogens (tertiary/aromatic N) is 1. The van der Waals surface area contributed by atoms with Gasteiger partial charge < -0.3 is 10.1 Å². The molecular weight excluding hydrogens is 270 g/mol. The molecule has 1 atom stereocenters. The average Bonchev–Trinajstić information content (AvgIpc) is 2.88. The molecule has 0 saturated carbocycles. The van der Waals surface area contributed by atoms with E-state index in [1.807, 2.05) is 18.2 Å². The Morgan fingerprint density at radius 2 is 2.16 bits per heavy atom. The highest BCUT2D eigenvalue weighted by atomic mass is 32.2. The van der Waals surface area contributed by atoms with E-state index in [-0.39, 0.29) is 12.6 Å². The summed E-state index contributed by atoms with van der Waals surface area (Å²) in [6, 6.07) is 10.4. The van der Waals surface area contributed by atoms with Crippen LogP contribution in [0, 0.1) is 0 Å². The maximum Gasteiger partial charge on any atom is 0.261 e. The van der Waals surface area contributed by atoms with Crippen molar-refractivity contribution in [2.45, 2.75) is 12.5 Å². The van der Waals surface area contributed by atoms with E-state index < -0.39 is 13.0 Å². The first-order chi connectivity index (χ1) is 9.25. The van der Waals surface area contributed by atoms with Crippen molar-refractivity contribution in [2.75, 3.05) is 25.5 Å². The Balaban J connectivity index is 1.73. The normalized spacial score (nSPS) is 21.0. The highest BCUT2D eigenvalue weighted by Crippen LogP contribution is 2.25. The Kier molecular flexibility index (Phi) is 5.60. The third kappa shape index (κ3) is 4.80. The third-order valence-electron chi connectivity index (χ3n) is 2.62. The largest absolute Gasteiger partial charge is 0.374 e. The highest BCUT2D eigenvalue weighted by molar-refractivity contribution is 8.14. The number of hydrogen-bond acceptors (Lipinski definition) is 3. The first-order valence-electron chi connectivity index (χ1n) is 6.10. The summed E-state index contributed by atoms with van der Waals surface area (Å²) in [5.41, 5.74) is 1.23. The second-order valence-corrected chi connectivity index (χ2v) is 5.08. The molecule has 1 unspecified atom stereocenters. The molecule has 2 rings (SSSR count). The molecule has 0 aliphatic carbocycles. The van der Waals surface area contributed by atoms with Gasteiger partial charge >= 0.3 is 0 Å². The van der Waals surface area contributed by atoms with Gasteiger partial charge in [-0.15, -0.1) is 0 Å². The number of nitrogens with one attached hydrogen (secondary N) is 1. The van der Waals surface area contributed by atoms with Crippen LogP contribution < -0.4 is 5.32 Å². The maximum absolute atomic E-state index is 11.8. The third-order valence-corrected chi connectivity index (χ3v) is 3.64. The molecule has 6 heteroatoms. The van der Waals surface area contributed by atoms with Crippen molar-refractivity contribution in [3.05, 3.63) is 35.9 Å². The zero-order valence-corrected chi connectivity index (χ0v) is 11.2. The van der Waals surface area contributed by atoms with Gasteiger partial charge in [-0.3, -0.25) is 4.99 Å². The van der Waals surface area contributed by atoms with Crippen molar-refractivity contribution in [2.24, 2.45) is 4.99 Å². The van der Waals surface area contributed by atoms with E-state index >= 15 is 0 Å². The summed E-state index contributed by atoms with van der Waals surface area (Å²) < 4.78 is 28.4. The molecule has 3 nitrogen and oxygen atoms in total. The number of ether oxygens (including phenoxy) is 1. The zero-order chi connectivity index (χ0) is 13.5. The molecule has 1 saturated heterocycles. The fraction of sp³-hybridized carbons (Fsp3) is 0.462. The zero-order valence-electron chi connectivity index (χ0n) is 10.4. The smallest absolute Gasteiger partial charge is 0.261 e. The standard InChI is InChI=1S/C13H16F2N2OS/c14-12(15)8-18-7-6-16-13-17-11(9-19-13)10-4-2-1-3-5-10/h1-5,11-12H,6-9H2,(H,16,17). The lowest BCUT2D eigenvalue weighted by molar-refractivity contribution is 0.0207. The Morgan fingerprint density at radius 3 is 2.89 bits per heavy atom. The topological polar surface area (TPSA) is 33.6 Å². The van der Waals surface area contributed by atoms with Gasteiger partial charge in [0, 0.05) is 5.75 Å². The van der Waals surface area contributed by atoms with Crippen molar-refractivity contribution < 1.29 is 13.5 Å². The van der Waals surface area contributed by atoms with Crippen LogP contribution >= 0.6 is 11.8 Å². The van der Waals surface area contributed by atoms with Gasteiger partial charge in [0.1, 0.15) is 6.61 Å². The lowest BCUT2D eigenvalue weighted by Gasteiger charge is -2.09. The minimum absolute atomic E-state index is 0.228. The number of benzene rings is 1. The van der Waals surface area contributed by atoms with Gasteiger partial charge in [0.15, 0.2) is 5.17 Å². The number of alkyl halides is 2. The monoisotopic (exact) mass is 286 g/mol. The molecule has 1 heterocycles. The van der Waals surface area contributed by atoms with Crippen LogP contribution in [0.4, 0.5) is 8.78 Å². The van der Waals surface area contributed by atoms with Gasteiger partial charge in [-0.05, 0) is 5.56 Å². The number of halogens is 2. The number of amidine groups is 1. The summed E-state index contributed by atoms with van der Waals surface area (Å²) in [5, 5.41) is 4.17. The number of thioether (sulfide) groups is 1. The predicted molar refractivity (Wildman–Crippen MR) is 73.9 cm³/mol. The first-order valence-corrected chi connectivity index (χ1v) is 7.09. The van der Waals surface area contributed by atoms with E-state index in [2.05, 4.69) is 22.4 Å². The highest BCUT2D eigenvalue weighted by Gasteiger charge is 2.21. The van der Waals surface area contributed by atoms with Crippen molar-refractivity contribution in [3.8, 4) is 0 Å². The van der Waals surface area contributed by atoms with Gasteiger partial charge in [-0.25, -0.2) is 8.78 Å². The summed E-state index contributed by atoms with van der Waals surface area (Å²) in [6.07, 6.45) is -2.41. The van der Waals surface area contributed by atoms with E-state index in [0.29, 0.717) is 6.54 Å². The summed E-state index contributed by atoms with van der Waals surface area (Å²) in [7, 11) is 0. The van der Waals surface area contributed by atoms with Crippen LogP contribution in [0.5, 0.6) is 0 Å². The molecule has 104 valence electrons. The maximum atomic E-state index is 11.8. The number of hydrogen-bond donors (Lipinski definition) is 1. The summed E-state index contributed by atoms with van der Waals surface area (Å²) in [6.45, 7) is 0.119. The molecular formula is C13H16F2N2OS. The molecule has 1 aliphatic heterocycles. The second-order valence-electron chi connectivity index (χ2n) is 4.07. The van der Waals surface area contributed by atoms with E-state index in [1.54, 1.807) is 11.8 Å². The molecule has 1 aromatic rings. The van der Waals surface area contributed by atoms with E-state index in [1.165, 1.54) is 5.56 Å². The molecule has 0 aromatic heterocycles. The van der Waals surface area contributed by atoms with Crippen LogP contribution in [0.25, 0.3) is 0 Å². The molecule has 1 N–H and O–H groups in total. The predicted octanol–water partition coefficient (Wildman–Crippen LogP) is 2.70. The van der Waals surface area contributed by atoms with Crippen LogP contribution in [0.3, 0.4) is 0 Å². The van der Waals surface area contributed by atoms with Crippen molar-refractivity contribution in [1.82, 2.24) is 5.32 Å². The minimum atomic E-state index is -2.41. The molecule has 0 spiro atoms. The SMILES string of the molecule is FC(F)COCCN=C1NC(c2ccccc2)CS1. The Morgan fingerprint density at radius 1 is 1.37 bits per heavy atom. The van der Waals surface area contributed by atoms with Crippen LogP contribution in [-0.2, 0) is 4.74 Å². The molecule has 1 aromatic carbocycles. The molecule has 0 amide bonds. The van der Waals surface area contributed by atoms with Crippen molar-refractivity contribution in [3.63, 3.8) is 0 Å². The Labute approximate surface area is 115 Å². The second kappa shape index (κ2) is 7.45. The van der Waals surface area contributed by atoms with Gasteiger partial charge in [0.25, 0.3) is 6.43 Å². The van der Waals surface area contributed by atoms with Gasteiger partial charge in [-0.1, -0.05) is 42.1 Å². The van der Waals surface area contributed by atoms with Crippen LogP contribution in [0.15, 0.2) is 35.3 Å². The lowest BCUT2D eigenvalue weighted by Crippen LogP contribution is -2.19. The van der Waals surface area contributed by atoms with Crippen molar-refractivity contribution >= 4 is 16.9 Å². The fourth-order valence-electron chi connectivity index (χ4n) is 1.74. The Hall–Kier alpha value is -1.14. The lowest BCUT2D eigenvalue weighted by atomic mass is 10.1. The summed E-state index contributed by atoms with van der Waals surface area (Å²) >= 11 is 1.64. The fourth-order valence-corrected chi connectivity index (χ4v) is 2.74. The van der Waals surface area contributed by atoms with Gasteiger partial charge in [0.05, 0.1) is 19.2 Å². The number of aliphatic imine (C=N–C) groups is 1. The Bertz CT molecular complexity index is 414. The van der Waals surface area contributed by atoms with Crippen LogP contribution in [0.2, 0.25) is 0 Å². The van der Waals surface area contributed by atoms with Crippen molar-refractivity contribution in [1.29, 1.82) is 0 Å². The van der Waals surface area contributed by atoms with E-state index in [4.69, 9.17) is 4.74 Å².